The number of rotatable bonds is 4. The predicted molar refractivity (Wildman–Crippen MR) is 116 cm³/mol. The average molecular weight is 374 g/mol. The van der Waals surface area contributed by atoms with Crippen LogP contribution in [0, 0.1) is 5.41 Å². The monoisotopic (exact) mass is 374 g/mol. The van der Waals surface area contributed by atoms with E-state index in [1.807, 2.05) is 0 Å². The molecule has 0 bridgehead atoms. The molecule has 0 saturated carbocycles. The first-order chi connectivity index (χ1) is 13.1. The van der Waals surface area contributed by atoms with Gasteiger partial charge in [0.1, 0.15) is 0 Å². The summed E-state index contributed by atoms with van der Waals surface area (Å²) in [5.74, 6) is 0. The third kappa shape index (κ3) is 4.16. The molecular formula is C23H24BO2P. The summed E-state index contributed by atoms with van der Waals surface area (Å²) in [7, 11) is -0.975. The Morgan fingerprint density at radius 2 is 1.19 bits per heavy atom. The smallest absolute Gasteiger partial charge is 0.407 e. The van der Waals surface area contributed by atoms with Gasteiger partial charge in [0.05, 0.1) is 0 Å². The second-order valence-corrected chi connectivity index (χ2v) is 9.87. The Morgan fingerprint density at radius 3 is 1.74 bits per heavy atom. The fourth-order valence-electron chi connectivity index (χ4n) is 3.34. The summed E-state index contributed by atoms with van der Waals surface area (Å²) < 4.78 is 12.3. The molecule has 0 amide bonds. The van der Waals surface area contributed by atoms with Crippen molar-refractivity contribution in [1.29, 1.82) is 0 Å². The Kier molecular flexibility index (Phi) is 5.45. The first kappa shape index (κ1) is 18.4. The lowest BCUT2D eigenvalue weighted by Crippen LogP contribution is -2.52. The van der Waals surface area contributed by atoms with E-state index in [0.29, 0.717) is 13.2 Å². The zero-order chi connectivity index (χ0) is 18.7. The van der Waals surface area contributed by atoms with Gasteiger partial charge in [-0.1, -0.05) is 98.8 Å². The van der Waals surface area contributed by atoms with Crippen LogP contribution in [0.1, 0.15) is 13.8 Å². The summed E-state index contributed by atoms with van der Waals surface area (Å²) in [6, 6.07) is 30.1. The second-order valence-electron chi connectivity index (χ2n) is 7.68. The van der Waals surface area contributed by atoms with Crippen LogP contribution in [-0.4, -0.2) is 20.3 Å². The number of hydrogen-bond donors (Lipinski definition) is 0. The highest BCUT2D eigenvalue weighted by Gasteiger charge is 2.36. The van der Waals surface area contributed by atoms with E-state index in [1.54, 1.807) is 0 Å². The minimum absolute atomic E-state index is 0.0645. The van der Waals surface area contributed by atoms with Crippen molar-refractivity contribution in [2.24, 2.45) is 5.41 Å². The third-order valence-electron chi connectivity index (χ3n) is 4.71. The molecule has 136 valence electrons. The Balaban J connectivity index is 1.78. The minimum atomic E-state index is -0.675. The molecule has 4 heteroatoms. The molecule has 1 aliphatic heterocycles. The Labute approximate surface area is 163 Å². The van der Waals surface area contributed by atoms with Crippen molar-refractivity contribution >= 4 is 36.4 Å². The van der Waals surface area contributed by atoms with E-state index in [2.05, 4.69) is 98.8 Å². The van der Waals surface area contributed by atoms with E-state index < -0.39 is 7.92 Å². The van der Waals surface area contributed by atoms with Gasteiger partial charge in [-0.2, -0.15) is 0 Å². The van der Waals surface area contributed by atoms with E-state index in [4.69, 9.17) is 9.31 Å². The Morgan fingerprint density at radius 1 is 0.704 bits per heavy atom. The highest BCUT2D eigenvalue weighted by atomic mass is 31.1. The van der Waals surface area contributed by atoms with Crippen molar-refractivity contribution in [2.45, 2.75) is 13.8 Å². The summed E-state index contributed by atoms with van der Waals surface area (Å²) in [5.41, 5.74) is 1.21. The van der Waals surface area contributed by atoms with Gasteiger partial charge in [0.25, 0.3) is 0 Å². The zero-order valence-electron chi connectivity index (χ0n) is 15.8. The van der Waals surface area contributed by atoms with E-state index >= 15 is 0 Å². The summed E-state index contributed by atoms with van der Waals surface area (Å²) in [4.78, 5) is 0. The van der Waals surface area contributed by atoms with Crippen molar-refractivity contribution in [3.8, 4) is 0 Å². The minimum Gasteiger partial charge on any atom is -0.407 e. The largest absolute Gasteiger partial charge is 0.494 e. The fourth-order valence-corrected chi connectivity index (χ4v) is 5.81. The van der Waals surface area contributed by atoms with Gasteiger partial charge in [0, 0.05) is 18.6 Å². The number of hydrogen-bond acceptors (Lipinski definition) is 2. The van der Waals surface area contributed by atoms with Crippen molar-refractivity contribution < 1.29 is 9.31 Å². The van der Waals surface area contributed by atoms with E-state index in [1.165, 1.54) is 15.9 Å². The second kappa shape index (κ2) is 7.98. The summed E-state index contributed by atoms with van der Waals surface area (Å²) >= 11 is 0. The van der Waals surface area contributed by atoms with Crippen LogP contribution in [0.3, 0.4) is 0 Å². The van der Waals surface area contributed by atoms with Crippen molar-refractivity contribution in [1.82, 2.24) is 0 Å². The van der Waals surface area contributed by atoms with Crippen LogP contribution in [0.2, 0.25) is 0 Å². The van der Waals surface area contributed by atoms with Gasteiger partial charge >= 0.3 is 7.12 Å². The van der Waals surface area contributed by atoms with Crippen LogP contribution in [-0.2, 0) is 9.31 Å². The molecule has 0 N–H and O–H groups in total. The lowest BCUT2D eigenvalue weighted by molar-refractivity contribution is 0.0344. The van der Waals surface area contributed by atoms with Gasteiger partial charge in [-0.3, -0.25) is 0 Å². The van der Waals surface area contributed by atoms with Crippen LogP contribution >= 0.6 is 7.92 Å². The first-order valence-corrected chi connectivity index (χ1v) is 10.7. The van der Waals surface area contributed by atoms with E-state index in [0.717, 1.165) is 5.46 Å². The van der Waals surface area contributed by atoms with Crippen LogP contribution in [0.4, 0.5) is 0 Å². The van der Waals surface area contributed by atoms with Gasteiger partial charge in [-0.25, -0.2) is 0 Å². The molecule has 0 aromatic heterocycles. The van der Waals surface area contributed by atoms with E-state index in [9.17, 15) is 0 Å². The molecule has 0 radical (unpaired) electrons. The molecule has 0 atom stereocenters. The topological polar surface area (TPSA) is 18.5 Å². The molecular weight excluding hydrogens is 350 g/mol. The van der Waals surface area contributed by atoms with Gasteiger partial charge in [-0.05, 0) is 29.3 Å². The van der Waals surface area contributed by atoms with Crippen LogP contribution in [0.25, 0.3) is 0 Å². The van der Waals surface area contributed by atoms with Crippen molar-refractivity contribution in [3.05, 3.63) is 84.9 Å². The molecule has 1 heterocycles. The van der Waals surface area contributed by atoms with Crippen molar-refractivity contribution in [3.63, 3.8) is 0 Å². The van der Waals surface area contributed by atoms with Gasteiger partial charge in [0.2, 0.25) is 0 Å². The quantitative estimate of drug-likeness (QED) is 0.516. The summed E-state index contributed by atoms with van der Waals surface area (Å²) in [6.45, 7) is 5.77. The maximum absolute atomic E-state index is 6.13. The average Bonchev–Trinajstić information content (AvgIpc) is 2.71. The molecule has 1 fully saturated rings. The molecule has 4 rings (SSSR count). The first-order valence-electron chi connectivity index (χ1n) is 9.36. The molecule has 27 heavy (non-hydrogen) atoms. The van der Waals surface area contributed by atoms with E-state index in [-0.39, 0.29) is 12.5 Å². The van der Waals surface area contributed by atoms with Crippen LogP contribution < -0.4 is 21.4 Å². The SMILES string of the molecule is CC1(C)COB(c2ccccc2P(c2ccccc2)c2ccccc2)OC1. The van der Waals surface area contributed by atoms with Crippen LogP contribution in [0.5, 0.6) is 0 Å². The Bertz CT molecular complexity index is 834. The van der Waals surface area contributed by atoms with Gasteiger partial charge in [-0.15, -0.1) is 0 Å². The Hall–Kier alpha value is -1.93. The fraction of sp³-hybridized carbons (Fsp3) is 0.217. The van der Waals surface area contributed by atoms with Gasteiger partial charge < -0.3 is 9.31 Å². The van der Waals surface area contributed by atoms with Crippen LogP contribution in [0.15, 0.2) is 84.9 Å². The summed E-state index contributed by atoms with van der Waals surface area (Å²) in [6.07, 6.45) is 0. The molecule has 0 unspecified atom stereocenters. The maximum Gasteiger partial charge on any atom is 0.494 e. The molecule has 3 aromatic carbocycles. The standard InChI is InChI=1S/C23H24BO2P/c1-23(2)17-25-24(26-18-23)21-15-9-10-16-22(21)27(19-11-5-3-6-12-19)20-13-7-4-8-14-20/h3-16H,17-18H2,1-2H3. The zero-order valence-corrected chi connectivity index (χ0v) is 16.7. The maximum atomic E-state index is 6.13. The lowest BCUT2D eigenvalue weighted by atomic mass is 9.76. The number of benzene rings is 3. The third-order valence-corrected chi connectivity index (χ3v) is 7.23. The highest BCUT2D eigenvalue weighted by Crippen LogP contribution is 2.32. The highest BCUT2D eigenvalue weighted by molar-refractivity contribution is 7.80. The predicted octanol–water partition coefficient (Wildman–Crippen LogP) is 3.21. The molecule has 0 aliphatic carbocycles. The molecule has 1 aliphatic rings. The molecule has 0 spiro atoms. The van der Waals surface area contributed by atoms with Gasteiger partial charge in [0.15, 0.2) is 0 Å². The molecule has 3 aromatic rings. The lowest BCUT2D eigenvalue weighted by Gasteiger charge is -2.34. The normalized spacial score (nSPS) is 16.5. The molecule has 1 saturated heterocycles. The summed E-state index contributed by atoms with van der Waals surface area (Å²) in [5, 5.41) is 3.97. The van der Waals surface area contributed by atoms with Crippen molar-refractivity contribution in [2.75, 3.05) is 13.2 Å². The molecule has 2 nitrogen and oxygen atoms in total.